The predicted octanol–water partition coefficient (Wildman–Crippen LogP) is 0.323. The van der Waals surface area contributed by atoms with Crippen LogP contribution in [0.15, 0.2) is 0 Å². The fourth-order valence-electron chi connectivity index (χ4n) is 0. The SMILES string of the molecule is [CH3-].[Y].[Y].[Y].[Y].[Y].[Y].[Y].[Y].[Y].[Y].[Y].[Y].[Y].[Y].[Y].[Y].[Y].[Y].[Y].[Y].[Y].[Y].[Y].[Y].[Y].[Y].[Y].[Y].[Y].[Y].[Y].[Y].[Y].[Y].[Y].[Y].[Y].[Y].[Y].[Y].[Y].[Y].[Y].[Y].[Y].[Y].[Y].[Y].[Y].[Y].[Y]. The summed E-state index contributed by atoms with van der Waals surface area (Å²) in [5, 5.41) is 0. The zero-order valence-corrected chi connectivity index (χ0v) is 175. The largest absolute Gasteiger partial charge is 0.358 e. The molecule has 0 saturated heterocycles. The van der Waals surface area contributed by atoms with E-state index in [0.29, 0.717) is 0 Å². The van der Waals surface area contributed by atoms with Gasteiger partial charge in [0.1, 0.15) is 0 Å². The number of hydrogen-bond acceptors (Lipinski definition) is 0. The van der Waals surface area contributed by atoms with Crippen LogP contribution in [0.3, 0.4) is 0 Å². The Morgan fingerprint density at radius 1 is 0.0385 bits per heavy atom. The van der Waals surface area contributed by atoms with E-state index in [1.165, 1.54) is 0 Å². The van der Waals surface area contributed by atoms with E-state index in [4.69, 9.17) is 0 Å². The molecule has 0 spiro atoms. The van der Waals surface area contributed by atoms with Gasteiger partial charge in [-0.05, 0) is 0 Å². The summed E-state index contributed by atoms with van der Waals surface area (Å²) in [5.74, 6) is 0. The third kappa shape index (κ3) is 372. The molecule has 0 bridgehead atoms. The Bertz CT molecular complexity index is 7.13. The summed E-state index contributed by atoms with van der Waals surface area (Å²) < 4.78 is 0. The Hall–Kier alpha value is 56.3. The van der Waals surface area contributed by atoms with Gasteiger partial charge in [-0.15, -0.1) is 0 Å². The molecule has 0 nitrogen and oxygen atoms in total. The second-order valence-electron chi connectivity index (χ2n) is 0. The Balaban J connectivity index is 0. The van der Waals surface area contributed by atoms with Crippen molar-refractivity contribution in [2.75, 3.05) is 0 Å². The maximum atomic E-state index is 0. The van der Waals surface area contributed by atoms with Gasteiger partial charge in [-0.25, -0.2) is 0 Å². The van der Waals surface area contributed by atoms with Gasteiger partial charge >= 0.3 is 0 Å². The van der Waals surface area contributed by atoms with Crippen LogP contribution in [0.2, 0.25) is 0 Å². The Labute approximate surface area is 1610 Å². The molecular weight excluding hydrogens is 4550 g/mol. The molecule has 0 aromatic heterocycles. The van der Waals surface area contributed by atoms with Crippen molar-refractivity contribution in [2.24, 2.45) is 0 Å². The van der Waals surface area contributed by atoms with E-state index in [9.17, 15) is 0 Å². The Morgan fingerprint density at radius 2 is 0.0385 bits per heavy atom. The molecule has 0 aromatic rings. The predicted molar refractivity (Wildman–Crippen MR) is 6.41 cm³/mol. The van der Waals surface area contributed by atoms with Crippen LogP contribution in [0.25, 0.3) is 0 Å². The quantitative estimate of drug-likeness (QED) is 0.308. The molecule has 0 atom stereocenters. The van der Waals surface area contributed by atoms with Gasteiger partial charge in [-0.1, -0.05) is 0 Å². The van der Waals surface area contributed by atoms with Crippen LogP contribution in [0, 0.1) is 7.43 Å². The fraction of sp³-hybridized carbons (Fsp3) is 0. The normalized spacial score (nSPS) is 0. The molecule has 0 fully saturated rings. The first kappa shape index (κ1) is 393. The summed E-state index contributed by atoms with van der Waals surface area (Å²) in [6, 6.07) is 0. The first-order valence-electron chi connectivity index (χ1n) is 0. The van der Waals surface area contributed by atoms with Gasteiger partial charge in [0.15, 0.2) is 0 Å². The molecule has 0 amide bonds. The van der Waals surface area contributed by atoms with Gasteiger partial charge in [-0.3, -0.25) is 0 Å². The van der Waals surface area contributed by atoms with Gasteiger partial charge in [0, 0.05) is 1670 Å². The molecule has 0 unspecified atom stereocenters. The average molecular weight is 4550 g/mol. The van der Waals surface area contributed by atoms with Gasteiger partial charge in [-0.2, -0.15) is 0 Å². The van der Waals surface area contributed by atoms with Crippen molar-refractivity contribution in [1.29, 1.82) is 0 Å². The van der Waals surface area contributed by atoms with Crippen molar-refractivity contribution in [3.05, 3.63) is 7.43 Å². The zero-order chi connectivity index (χ0) is 0. The molecule has 0 aliphatic rings. The van der Waals surface area contributed by atoms with Crippen molar-refractivity contribution in [3.63, 3.8) is 0 Å². The first-order valence-corrected chi connectivity index (χ1v) is 0. The number of hydrogen-bond donors (Lipinski definition) is 0. The molecule has 51 heteroatoms. The van der Waals surface area contributed by atoms with E-state index >= 15 is 0 Å². The molecule has 0 N–H and O–H groups in total. The van der Waals surface area contributed by atoms with Crippen molar-refractivity contribution >= 4 is 0 Å². The van der Waals surface area contributed by atoms with Crippen molar-refractivity contribution in [1.82, 2.24) is 0 Å². The van der Waals surface area contributed by atoms with E-state index in [0.717, 1.165) is 0 Å². The first-order chi connectivity index (χ1) is 0. The van der Waals surface area contributed by atoms with Crippen LogP contribution in [0.1, 0.15) is 0 Å². The second-order valence-corrected chi connectivity index (χ2v) is 0. The van der Waals surface area contributed by atoms with Crippen LogP contribution < -0.4 is 0 Å². The van der Waals surface area contributed by atoms with Crippen LogP contribution in [0.4, 0.5) is 0 Å². The zero-order valence-electron chi connectivity index (χ0n) is 30.4. The minimum absolute atomic E-state index is 0. The van der Waals surface area contributed by atoms with Crippen molar-refractivity contribution in [3.8, 4) is 0 Å². The Morgan fingerprint density at radius 3 is 0.0385 bits per heavy atom. The maximum absolute atomic E-state index is 0. The summed E-state index contributed by atoms with van der Waals surface area (Å²) in [6.07, 6.45) is 0. The van der Waals surface area contributed by atoms with Gasteiger partial charge in [0.2, 0.25) is 0 Å². The topological polar surface area (TPSA) is 0 Å². The van der Waals surface area contributed by atoms with E-state index < -0.39 is 0 Å². The van der Waals surface area contributed by atoms with E-state index in [1.54, 1.807) is 0 Å². The molecule has 0 saturated carbocycles. The summed E-state index contributed by atoms with van der Waals surface area (Å²) >= 11 is 0. The third-order valence-corrected chi connectivity index (χ3v) is 0. The fourth-order valence-corrected chi connectivity index (χ4v) is 0. The van der Waals surface area contributed by atoms with E-state index in [1.807, 2.05) is 0 Å². The monoisotopic (exact) mass is 4550 g/mol. The maximum Gasteiger partial charge on any atom is 0 e. The van der Waals surface area contributed by atoms with Crippen LogP contribution in [-0.4, -0.2) is 0 Å². The summed E-state index contributed by atoms with van der Waals surface area (Å²) in [4.78, 5) is 0. The summed E-state index contributed by atoms with van der Waals surface area (Å²) in [5.41, 5.74) is 0. The smallest absolute Gasteiger partial charge is 0 e. The van der Waals surface area contributed by atoms with E-state index in [-0.39, 0.29) is 1680 Å². The van der Waals surface area contributed by atoms with Crippen molar-refractivity contribution < 1.29 is 1670 Å². The standard InChI is InChI=1S/CH3.51Y/h1H3;;;;;;;;;;;;;;;;;;;;;;;;;;;;;;;;;;;;;;;;;;;;;;;;;;;/q-1;;;;;;;;;;;;;;;;;;;;;;;;;;;;;;;;;;;;;;;;;;;;;;;;;;;. The molecule has 0 aliphatic heterocycles. The molecule has 51 radical (unpaired) electrons. The van der Waals surface area contributed by atoms with E-state index in [2.05, 4.69) is 0 Å². The molecule has 0 aromatic carbocycles. The minimum atomic E-state index is 0. The van der Waals surface area contributed by atoms with Gasteiger partial charge < -0.3 is 7.43 Å². The van der Waals surface area contributed by atoms with Crippen LogP contribution >= 0.6 is 0 Å². The molecule has 0 aliphatic carbocycles. The summed E-state index contributed by atoms with van der Waals surface area (Å²) in [7, 11) is 0. The Kier molecular flexibility index (Phi) is 2890. The minimum Gasteiger partial charge on any atom is -0.358 e. The third-order valence-electron chi connectivity index (χ3n) is 0. The molecule has 161 valence electrons. The second kappa shape index (κ2) is 383. The van der Waals surface area contributed by atoms with Gasteiger partial charge in [0.05, 0.1) is 0 Å². The van der Waals surface area contributed by atoms with Crippen LogP contribution in [0.5, 0.6) is 0 Å². The molecular formula is CH3Y51-. The summed E-state index contributed by atoms with van der Waals surface area (Å²) in [6.45, 7) is 0. The van der Waals surface area contributed by atoms with Crippen molar-refractivity contribution in [2.45, 2.75) is 0 Å². The van der Waals surface area contributed by atoms with Crippen LogP contribution in [-0.2, 0) is 1670 Å². The number of rotatable bonds is 0. The molecule has 0 rings (SSSR count). The molecule has 0 heterocycles. The molecule has 52 heavy (non-hydrogen) atoms. The average Bonchev–Trinajstić information content (AvgIpc) is 0. The van der Waals surface area contributed by atoms with Gasteiger partial charge in [0.25, 0.3) is 0 Å².